The Morgan fingerprint density at radius 1 is 1.31 bits per heavy atom. The molecule has 1 N–H and O–H groups in total. The van der Waals surface area contributed by atoms with E-state index in [1.165, 1.54) is 16.7 Å². The molecule has 0 aliphatic carbocycles. The van der Waals surface area contributed by atoms with Gasteiger partial charge in [0.1, 0.15) is 0 Å². The highest BCUT2D eigenvalue weighted by atomic mass is 16.3. The number of hydrogen-bond donors (Lipinski definition) is 1. The van der Waals surface area contributed by atoms with Crippen molar-refractivity contribution in [3.05, 3.63) is 34.9 Å². The molecule has 0 atom stereocenters. The Bertz CT molecular complexity index is 334. The minimum atomic E-state index is 0.222. The number of aryl methyl sites for hydroxylation is 1. The van der Waals surface area contributed by atoms with Crippen LogP contribution in [0.1, 0.15) is 36.5 Å². The van der Waals surface area contributed by atoms with Gasteiger partial charge in [-0.3, -0.25) is 4.90 Å². The van der Waals surface area contributed by atoms with Crippen LogP contribution in [0.3, 0.4) is 0 Å². The lowest BCUT2D eigenvalue weighted by Crippen LogP contribution is -2.22. The third kappa shape index (κ3) is 3.62. The molecule has 1 aromatic carbocycles. The molecule has 0 bridgehead atoms. The largest absolute Gasteiger partial charge is 0.395 e. The van der Waals surface area contributed by atoms with E-state index in [9.17, 15) is 0 Å². The molecule has 0 fully saturated rings. The van der Waals surface area contributed by atoms with Crippen LogP contribution in [0.5, 0.6) is 0 Å². The molecule has 1 aromatic rings. The molecule has 0 aliphatic rings. The number of aliphatic hydroxyl groups is 1. The quantitative estimate of drug-likeness (QED) is 0.826. The molecule has 0 amide bonds. The summed E-state index contributed by atoms with van der Waals surface area (Å²) in [6.07, 6.45) is 0. The van der Waals surface area contributed by atoms with E-state index in [2.05, 4.69) is 43.9 Å². The summed E-state index contributed by atoms with van der Waals surface area (Å²) in [5.74, 6) is 0.572. The number of hydrogen-bond acceptors (Lipinski definition) is 2. The van der Waals surface area contributed by atoms with E-state index >= 15 is 0 Å². The van der Waals surface area contributed by atoms with Gasteiger partial charge in [0.15, 0.2) is 0 Å². The SMILES string of the molecule is Cc1ccc(C(C)C)cc1CN(C)CCO. The number of rotatable bonds is 5. The summed E-state index contributed by atoms with van der Waals surface area (Å²) in [6, 6.07) is 6.68. The topological polar surface area (TPSA) is 23.5 Å². The molecule has 0 saturated carbocycles. The Labute approximate surface area is 98.9 Å². The minimum Gasteiger partial charge on any atom is -0.395 e. The van der Waals surface area contributed by atoms with Gasteiger partial charge in [0.05, 0.1) is 6.61 Å². The Hall–Kier alpha value is -0.860. The summed E-state index contributed by atoms with van der Waals surface area (Å²) >= 11 is 0. The lowest BCUT2D eigenvalue weighted by molar-refractivity contribution is 0.217. The van der Waals surface area contributed by atoms with Gasteiger partial charge in [-0.05, 0) is 36.6 Å². The van der Waals surface area contributed by atoms with Gasteiger partial charge in [0, 0.05) is 13.1 Å². The Balaban J connectivity index is 2.81. The zero-order chi connectivity index (χ0) is 12.1. The first-order valence-corrected chi connectivity index (χ1v) is 5.93. The smallest absolute Gasteiger partial charge is 0.0558 e. The van der Waals surface area contributed by atoms with Crippen molar-refractivity contribution in [2.75, 3.05) is 20.2 Å². The van der Waals surface area contributed by atoms with Gasteiger partial charge in [0.2, 0.25) is 0 Å². The molecule has 1 rings (SSSR count). The highest BCUT2D eigenvalue weighted by Crippen LogP contribution is 2.19. The lowest BCUT2D eigenvalue weighted by atomic mass is 9.97. The second-order valence-electron chi connectivity index (χ2n) is 4.80. The van der Waals surface area contributed by atoms with Crippen molar-refractivity contribution in [1.82, 2.24) is 4.90 Å². The van der Waals surface area contributed by atoms with Gasteiger partial charge in [-0.15, -0.1) is 0 Å². The molecule has 2 heteroatoms. The second kappa shape index (κ2) is 6.02. The average Bonchev–Trinajstić information content (AvgIpc) is 2.21. The normalized spacial score (nSPS) is 11.4. The maximum absolute atomic E-state index is 8.89. The summed E-state index contributed by atoms with van der Waals surface area (Å²) in [5.41, 5.74) is 4.08. The zero-order valence-corrected chi connectivity index (χ0v) is 10.8. The number of benzene rings is 1. The van der Waals surface area contributed by atoms with Gasteiger partial charge in [-0.1, -0.05) is 32.0 Å². The maximum Gasteiger partial charge on any atom is 0.0558 e. The van der Waals surface area contributed by atoms with Crippen molar-refractivity contribution < 1.29 is 5.11 Å². The van der Waals surface area contributed by atoms with Gasteiger partial charge in [-0.2, -0.15) is 0 Å². The van der Waals surface area contributed by atoms with Gasteiger partial charge in [-0.25, -0.2) is 0 Å². The number of nitrogens with zero attached hydrogens (tertiary/aromatic N) is 1. The Kier molecular flexibility index (Phi) is 4.97. The highest BCUT2D eigenvalue weighted by molar-refractivity contribution is 5.32. The first kappa shape index (κ1) is 13.2. The van der Waals surface area contributed by atoms with Crippen molar-refractivity contribution in [1.29, 1.82) is 0 Å². The molecule has 16 heavy (non-hydrogen) atoms. The van der Waals surface area contributed by atoms with Crippen molar-refractivity contribution in [3.63, 3.8) is 0 Å². The van der Waals surface area contributed by atoms with E-state index in [1.807, 2.05) is 7.05 Å². The van der Waals surface area contributed by atoms with Crippen LogP contribution < -0.4 is 0 Å². The van der Waals surface area contributed by atoms with E-state index < -0.39 is 0 Å². The first-order chi connectivity index (χ1) is 7.54. The van der Waals surface area contributed by atoms with Crippen LogP contribution in [-0.4, -0.2) is 30.2 Å². The third-order valence-corrected chi connectivity index (χ3v) is 2.96. The molecule has 90 valence electrons. The van der Waals surface area contributed by atoms with Crippen LogP contribution in [0.15, 0.2) is 18.2 Å². The van der Waals surface area contributed by atoms with Crippen LogP contribution in [0.25, 0.3) is 0 Å². The summed E-state index contributed by atoms with van der Waals surface area (Å²) < 4.78 is 0. The lowest BCUT2D eigenvalue weighted by Gasteiger charge is -2.18. The molecule has 0 aromatic heterocycles. The molecular formula is C14H23NO. The van der Waals surface area contributed by atoms with Crippen molar-refractivity contribution in [2.45, 2.75) is 33.2 Å². The van der Waals surface area contributed by atoms with E-state index in [-0.39, 0.29) is 6.61 Å². The predicted octanol–water partition coefficient (Wildman–Crippen LogP) is 2.54. The summed E-state index contributed by atoms with van der Waals surface area (Å²) in [4.78, 5) is 2.15. The third-order valence-electron chi connectivity index (χ3n) is 2.96. The summed E-state index contributed by atoms with van der Waals surface area (Å²) in [7, 11) is 2.04. The maximum atomic E-state index is 8.89. The molecule has 0 unspecified atom stereocenters. The van der Waals surface area contributed by atoms with E-state index in [4.69, 9.17) is 5.11 Å². The van der Waals surface area contributed by atoms with Crippen LogP contribution in [-0.2, 0) is 6.54 Å². The van der Waals surface area contributed by atoms with Crippen LogP contribution in [0.2, 0.25) is 0 Å². The number of aliphatic hydroxyl groups excluding tert-OH is 1. The first-order valence-electron chi connectivity index (χ1n) is 5.93. The van der Waals surface area contributed by atoms with Crippen LogP contribution in [0.4, 0.5) is 0 Å². The van der Waals surface area contributed by atoms with Gasteiger partial charge < -0.3 is 5.11 Å². The molecular weight excluding hydrogens is 198 g/mol. The molecule has 2 nitrogen and oxygen atoms in total. The fourth-order valence-electron chi connectivity index (χ4n) is 1.76. The summed E-state index contributed by atoms with van der Waals surface area (Å²) in [5, 5.41) is 8.89. The average molecular weight is 221 g/mol. The van der Waals surface area contributed by atoms with Crippen molar-refractivity contribution >= 4 is 0 Å². The summed E-state index contributed by atoms with van der Waals surface area (Å²) in [6.45, 7) is 8.43. The fourth-order valence-corrected chi connectivity index (χ4v) is 1.76. The standard InChI is InChI=1S/C14H23NO/c1-11(2)13-6-5-12(3)14(9-13)10-15(4)7-8-16/h5-6,9,11,16H,7-8,10H2,1-4H3. The second-order valence-corrected chi connectivity index (χ2v) is 4.80. The van der Waals surface area contributed by atoms with Gasteiger partial charge >= 0.3 is 0 Å². The molecule has 0 radical (unpaired) electrons. The van der Waals surface area contributed by atoms with Crippen molar-refractivity contribution in [3.8, 4) is 0 Å². The van der Waals surface area contributed by atoms with Crippen LogP contribution in [0, 0.1) is 6.92 Å². The monoisotopic (exact) mass is 221 g/mol. The molecule has 0 spiro atoms. The minimum absolute atomic E-state index is 0.222. The number of likely N-dealkylation sites (N-methyl/N-ethyl adjacent to an activating group) is 1. The fraction of sp³-hybridized carbons (Fsp3) is 0.571. The molecule has 0 aliphatic heterocycles. The highest BCUT2D eigenvalue weighted by Gasteiger charge is 2.06. The zero-order valence-electron chi connectivity index (χ0n) is 10.8. The molecule has 0 saturated heterocycles. The predicted molar refractivity (Wildman–Crippen MR) is 68.7 cm³/mol. The van der Waals surface area contributed by atoms with E-state index in [0.717, 1.165) is 13.1 Å². The molecule has 0 heterocycles. The van der Waals surface area contributed by atoms with Gasteiger partial charge in [0.25, 0.3) is 0 Å². The van der Waals surface area contributed by atoms with E-state index in [0.29, 0.717) is 5.92 Å². The van der Waals surface area contributed by atoms with Crippen molar-refractivity contribution in [2.24, 2.45) is 0 Å². The Morgan fingerprint density at radius 3 is 2.56 bits per heavy atom. The van der Waals surface area contributed by atoms with Crippen LogP contribution >= 0.6 is 0 Å². The van der Waals surface area contributed by atoms with E-state index in [1.54, 1.807) is 0 Å². The Morgan fingerprint density at radius 2 is 2.00 bits per heavy atom.